The highest BCUT2D eigenvalue weighted by atomic mass is 19.3. The first-order valence-corrected chi connectivity index (χ1v) is 10.2. The number of aromatic nitrogens is 1. The van der Waals surface area contributed by atoms with Crippen molar-refractivity contribution in [3.63, 3.8) is 0 Å². The molecule has 9 heteroatoms. The Hall–Kier alpha value is -4.01. The van der Waals surface area contributed by atoms with E-state index in [0.717, 1.165) is 5.56 Å². The molecule has 0 radical (unpaired) electrons. The summed E-state index contributed by atoms with van der Waals surface area (Å²) in [4.78, 5) is 29.3. The van der Waals surface area contributed by atoms with Crippen molar-refractivity contribution in [3.05, 3.63) is 71.3 Å². The maximum atomic E-state index is 13.3. The monoisotopic (exact) mass is 452 g/mol. The van der Waals surface area contributed by atoms with Crippen LogP contribution in [0.4, 0.5) is 14.6 Å². The minimum Gasteiger partial charge on any atom is -0.478 e. The number of rotatable bonds is 5. The Balaban J connectivity index is 1.43. The first-order chi connectivity index (χ1) is 15.7. The van der Waals surface area contributed by atoms with Crippen LogP contribution in [0.1, 0.15) is 34.3 Å². The fourth-order valence-electron chi connectivity index (χ4n) is 4.00. The van der Waals surface area contributed by atoms with Crippen LogP contribution in [0, 0.1) is 6.92 Å². The molecule has 2 aromatic carbocycles. The molecule has 0 bridgehead atoms. The van der Waals surface area contributed by atoms with Crippen molar-refractivity contribution in [2.45, 2.75) is 31.5 Å². The first-order valence-electron chi connectivity index (χ1n) is 10.2. The second-order valence-electron chi connectivity index (χ2n) is 8.08. The molecule has 0 unspecified atom stereocenters. The number of hydrogen-bond donors (Lipinski definition) is 2. The maximum absolute atomic E-state index is 13.3. The number of nitrogens with zero attached hydrogens (tertiary/aromatic N) is 1. The molecule has 1 fully saturated rings. The zero-order valence-electron chi connectivity index (χ0n) is 17.4. The van der Waals surface area contributed by atoms with E-state index in [9.17, 15) is 23.5 Å². The number of aromatic carboxylic acids is 1. The summed E-state index contributed by atoms with van der Waals surface area (Å²) in [5, 5.41) is 12.3. The first kappa shape index (κ1) is 20.9. The van der Waals surface area contributed by atoms with Crippen molar-refractivity contribution in [1.82, 2.24) is 4.98 Å². The van der Waals surface area contributed by atoms with E-state index in [1.165, 1.54) is 18.2 Å². The number of ether oxygens (including phenoxy) is 2. The van der Waals surface area contributed by atoms with Gasteiger partial charge in [-0.05, 0) is 55.2 Å². The lowest BCUT2D eigenvalue weighted by molar-refractivity contribution is -0.286. The molecule has 1 amide bonds. The number of anilines is 1. The largest absolute Gasteiger partial charge is 0.586 e. The summed E-state index contributed by atoms with van der Waals surface area (Å²) in [6.07, 6.45) is -2.65. The fraction of sp³-hybridized carbons (Fsp3) is 0.208. The molecule has 3 aromatic rings. The van der Waals surface area contributed by atoms with Crippen LogP contribution in [0.3, 0.4) is 0 Å². The molecule has 2 aliphatic rings. The van der Waals surface area contributed by atoms with Crippen molar-refractivity contribution >= 4 is 17.7 Å². The number of hydrogen-bond acceptors (Lipinski definition) is 5. The third kappa shape index (κ3) is 3.65. The van der Waals surface area contributed by atoms with Gasteiger partial charge in [-0.25, -0.2) is 9.78 Å². The molecular weight excluding hydrogens is 434 g/mol. The van der Waals surface area contributed by atoms with Crippen LogP contribution in [0.25, 0.3) is 11.3 Å². The fourth-order valence-corrected chi connectivity index (χ4v) is 4.00. The van der Waals surface area contributed by atoms with Gasteiger partial charge >= 0.3 is 12.3 Å². The molecule has 1 saturated carbocycles. The molecule has 1 aliphatic heterocycles. The normalized spacial score (nSPS) is 16.8. The minimum atomic E-state index is -3.73. The average molecular weight is 452 g/mol. The highest BCUT2D eigenvalue weighted by Gasteiger charge is 2.53. The van der Waals surface area contributed by atoms with Gasteiger partial charge in [0.1, 0.15) is 5.82 Å². The van der Waals surface area contributed by atoms with E-state index < -0.39 is 17.7 Å². The number of amides is 1. The zero-order chi connectivity index (χ0) is 23.4. The van der Waals surface area contributed by atoms with E-state index in [4.69, 9.17) is 0 Å². The van der Waals surface area contributed by atoms with Gasteiger partial charge in [-0.15, -0.1) is 8.78 Å². The topological polar surface area (TPSA) is 97.8 Å². The number of alkyl halides is 2. The number of nitrogens with one attached hydrogen (secondary N) is 1. The summed E-state index contributed by atoms with van der Waals surface area (Å²) in [5.74, 6) is -1.34. The third-order valence-electron chi connectivity index (χ3n) is 5.89. The lowest BCUT2D eigenvalue weighted by atomic mass is 9.94. The highest BCUT2D eigenvalue weighted by molar-refractivity contribution is 6.01. The van der Waals surface area contributed by atoms with Crippen molar-refractivity contribution < 1.29 is 33.0 Å². The average Bonchev–Trinajstić information content (AvgIpc) is 3.52. The number of carboxylic acids is 1. The summed E-state index contributed by atoms with van der Waals surface area (Å²) < 4.78 is 35.6. The SMILES string of the molecule is Cc1ccc(NC(=O)C2(c3ccc4c(c3)OC(F)(F)O4)CC2)nc1-c1ccccc1C(=O)O. The van der Waals surface area contributed by atoms with Gasteiger partial charge in [0.05, 0.1) is 16.7 Å². The van der Waals surface area contributed by atoms with Crippen LogP contribution in [-0.2, 0) is 10.2 Å². The lowest BCUT2D eigenvalue weighted by Crippen LogP contribution is -2.28. The molecule has 33 heavy (non-hydrogen) atoms. The molecule has 1 aliphatic carbocycles. The standard InChI is InChI=1S/C24H18F2N2O5/c1-13-6-9-19(27-20(13)15-4-2-3-5-16(15)21(29)30)28-22(31)23(10-11-23)14-7-8-17-18(12-14)33-24(25,26)32-17/h2-9,12H,10-11H2,1H3,(H,29,30)(H,27,28,31). The van der Waals surface area contributed by atoms with Gasteiger partial charge in [-0.2, -0.15) is 0 Å². The van der Waals surface area contributed by atoms with E-state index in [0.29, 0.717) is 29.7 Å². The van der Waals surface area contributed by atoms with Crippen molar-refractivity contribution in [2.24, 2.45) is 0 Å². The third-order valence-corrected chi connectivity index (χ3v) is 5.89. The number of carboxylic acid groups (broad SMARTS) is 1. The summed E-state index contributed by atoms with van der Waals surface area (Å²) in [6, 6.07) is 14.2. The summed E-state index contributed by atoms with van der Waals surface area (Å²) in [6.45, 7) is 1.80. The Bertz CT molecular complexity index is 1300. The second kappa shape index (κ2) is 7.26. The molecule has 1 aromatic heterocycles. The zero-order valence-corrected chi connectivity index (χ0v) is 17.4. The van der Waals surface area contributed by atoms with Gasteiger partial charge in [0.2, 0.25) is 5.91 Å². The van der Waals surface area contributed by atoms with E-state index in [2.05, 4.69) is 19.8 Å². The van der Waals surface area contributed by atoms with Gasteiger partial charge in [0, 0.05) is 5.56 Å². The second-order valence-corrected chi connectivity index (χ2v) is 8.08. The quantitative estimate of drug-likeness (QED) is 0.580. The predicted octanol–water partition coefficient (Wildman–Crippen LogP) is 4.75. The predicted molar refractivity (Wildman–Crippen MR) is 114 cm³/mol. The maximum Gasteiger partial charge on any atom is 0.586 e. The molecule has 168 valence electrons. The number of halogens is 2. The van der Waals surface area contributed by atoms with Crippen LogP contribution in [0.15, 0.2) is 54.6 Å². The Kier molecular flexibility index (Phi) is 4.59. The number of fused-ring (bicyclic) bond motifs is 1. The van der Waals surface area contributed by atoms with E-state index in [1.54, 1.807) is 43.3 Å². The molecule has 0 spiro atoms. The van der Waals surface area contributed by atoms with Crippen molar-refractivity contribution in [1.29, 1.82) is 0 Å². The van der Waals surface area contributed by atoms with Crippen LogP contribution >= 0.6 is 0 Å². The Labute approximate surface area is 187 Å². The summed E-state index contributed by atoms with van der Waals surface area (Å²) in [7, 11) is 0. The van der Waals surface area contributed by atoms with Crippen LogP contribution < -0.4 is 14.8 Å². The molecule has 0 saturated heterocycles. The molecule has 2 N–H and O–H groups in total. The van der Waals surface area contributed by atoms with Gasteiger partial charge in [-0.3, -0.25) is 4.79 Å². The Morgan fingerprint density at radius 3 is 2.48 bits per heavy atom. The van der Waals surface area contributed by atoms with Crippen molar-refractivity contribution in [3.8, 4) is 22.8 Å². The van der Waals surface area contributed by atoms with Crippen LogP contribution in [-0.4, -0.2) is 28.3 Å². The number of benzene rings is 2. The molecule has 7 nitrogen and oxygen atoms in total. The van der Waals surface area contributed by atoms with Gasteiger partial charge < -0.3 is 19.9 Å². The van der Waals surface area contributed by atoms with Crippen LogP contribution in [0.2, 0.25) is 0 Å². The molecular formula is C24H18F2N2O5. The van der Waals surface area contributed by atoms with Gasteiger partial charge in [0.25, 0.3) is 0 Å². The molecule has 5 rings (SSSR count). The number of aryl methyl sites for hydroxylation is 1. The van der Waals surface area contributed by atoms with Crippen LogP contribution in [0.5, 0.6) is 11.5 Å². The number of pyridine rings is 1. The number of carbonyl (C=O) groups excluding carboxylic acids is 1. The van der Waals surface area contributed by atoms with Gasteiger partial charge in [0.15, 0.2) is 11.5 Å². The summed E-state index contributed by atoms with van der Waals surface area (Å²) in [5.41, 5.74) is 1.40. The molecule has 2 heterocycles. The van der Waals surface area contributed by atoms with E-state index >= 15 is 0 Å². The van der Waals surface area contributed by atoms with E-state index in [1.807, 2.05) is 0 Å². The molecule has 0 atom stereocenters. The minimum absolute atomic E-state index is 0.0816. The Morgan fingerprint density at radius 2 is 1.76 bits per heavy atom. The number of carbonyl (C=O) groups is 2. The smallest absolute Gasteiger partial charge is 0.478 e. The van der Waals surface area contributed by atoms with Crippen molar-refractivity contribution in [2.75, 3.05) is 5.32 Å². The summed E-state index contributed by atoms with van der Waals surface area (Å²) >= 11 is 0. The van der Waals surface area contributed by atoms with Gasteiger partial charge in [-0.1, -0.05) is 30.3 Å². The highest BCUT2D eigenvalue weighted by Crippen LogP contribution is 2.52. The Morgan fingerprint density at radius 1 is 1.03 bits per heavy atom. The van der Waals surface area contributed by atoms with E-state index in [-0.39, 0.29) is 28.8 Å². The lowest BCUT2D eigenvalue weighted by Gasteiger charge is -2.17.